The van der Waals surface area contributed by atoms with E-state index in [1.807, 2.05) is 44.2 Å². The summed E-state index contributed by atoms with van der Waals surface area (Å²) < 4.78 is 10.6. The third kappa shape index (κ3) is 4.40. The van der Waals surface area contributed by atoms with Gasteiger partial charge in [0, 0.05) is 29.2 Å². The first-order valence-corrected chi connectivity index (χ1v) is 8.84. The molecule has 0 saturated carbocycles. The molecule has 1 heterocycles. The maximum atomic E-state index is 12.7. The molecule has 6 nitrogen and oxygen atoms in total. The maximum Gasteiger partial charge on any atom is 0.255 e. The molecule has 2 aromatic carbocycles. The van der Waals surface area contributed by atoms with Gasteiger partial charge in [-0.25, -0.2) is 4.98 Å². The second-order valence-electron chi connectivity index (χ2n) is 6.40. The zero-order chi connectivity index (χ0) is 20.1. The summed E-state index contributed by atoms with van der Waals surface area (Å²) in [4.78, 5) is 17.0. The second kappa shape index (κ2) is 8.43. The van der Waals surface area contributed by atoms with Crippen LogP contribution in [0.1, 0.15) is 21.5 Å². The molecule has 0 aliphatic carbocycles. The number of anilines is 3. The van der Waals surface area contributed by atoms with Gasteiger partial charge in [0.05, 0.1) is 14.2 Å². The largest absolute Gasteiger partial charge is 0.493 e. The molecule has 1 aromatic heterocycles. The third-order valence-electron chi connectivity index (χ3n) is 4.32. The van der Waals surface area contributed by atoms with Crippen LogP contribution < -0.4 is 20.1 Å². The van der Waals surface area contributed by atoms with Crippen molar-refractivity contribution in [1.29, 1.82) is 0 Å². The Kier molecular flexibility index (Phi) is 5.79. The van der Waals surface area contributed by atoms with Gasteiger partial charge >= 0.3 is 0 Å². The normalized spacial score (nSPS) is 10.3. The molecule has 0 spiro atoms. The Bertz CT molecular complexity index is 1000. The van der Waals surface area contributed by atoms with Crippen LogP contribution in [-0.4, -0.2) is 25.1 Å². The lowest BCUT2D eigenvalue weighted by atomic mass is 10.1. The SMILES string of the molecule is COc1ccc(Nc2cc(C(=O)Nc3cc(C)ccc3C)ccn2)cc1OC. The highest BCUT2D eigenvalue weighted by atomic mass is 16.5. The number of nitrogens with one attached hydrogen (secondary N) is 2. The van der Waals surface area contributed by atoms with E-state index in [9.17, 15) is 4.79 Å². The number of benzene rings is 2. The van der Waals surface area contributed by atoms with Gasteiger partial charge in [-0.2, -0.15) is 0 Å². The Morgan fingerprint density at radius 2 is 1.71 bits per heavy atom. The van der Waals surface area contributed by atoms with Crippen molar-refractivity contribution in [1.82, 2.24) is 4.98 Å². The summed E-state index contributed by atoms with van der Waals surface area (Å²) in [6.07, 6.45) is 1.60. The summed E-state index contributed by atoms with van der Waals surface area (Å²) in [6.45, 7) is 3.96. The number of rotatable bonds is 6. The van der Waals surface area contributed by atoms with E-state index in [0.717, 1.165) is 22.5 Å². The van der Waals surface area contributed by atoms with Crippen LogP contribution in [0, 0.1) is 13.8 Å². The predicted molar refractivity (Wildman–Crippen MR) is 111 cm³/mol. The molecular weight excluding hydrogens is 354 g/mol. The van der Waals surface area contributed by atoms with E-state index in [0.29, 0.717) is 22.9 Å². The Balaban J connectivity index is 1.78. The van der Waals surface area contributed by atoms with Gasteiger partial charge in [-0.1, -0.05) is 12.1 Å². The van der Waals surface area contributed by atoms with Gasteiger partial charge in [0.15, 0.2) is 11.5 Å². The molecule has 3 rings (SSSR count). The van der Waals surface area contributed by atoms with Gasteiger partial charge < -0.3 is 20.1 Å². The molecule has 0 saturated heterocycles. The van der Waals surface area contributed by atoms with Crippen LogP contribution in [0.2, 0.25) is 0 Å². The first kappa shape index (κ1) is 19.2. The number of pyridine rings is 1. The molecule has 0 bridgehead atoms. The molecule has 28 heavy (non-hydrogen) atoms. The average molecular weight is 377 g/mol. The summed E-state index contributed by atoms with van der Waals surface area (Å²) >= 11 is 0. The van der Waals surface area contributed by atoms with E-state index in [4.69, 9.17) is 9.47 Å². The molecule has 2 N–H and O–H groups in total. The fraction of sp³-hybridized carbons (Fsp3) is 0.182. The molecule has 0 unspecified atom stereocenters. The van der Waals surface area contributed by atoms with Crippen LogP contribution in [-0.2, 0) is 0 Å². The number of nitrogens with zero attached hydrogens (tertiary/aromatic N) is 1. The van der Waals surface area contributed by atoms with Gasteiger partial charge in [-0.15, -0.1) is 0 Å². The van der Waals surface area contributed by atoms with Crippen molar-refractivity contribution in [3.05, 3.63) is 71.4 Å². The smallest absolute Gasteiger partial charge is 0.255 e. The molecule has 3 aromatic rings. The highest BCUT2D eigenvalue weighted by Crippen LogP contribution is 2.31. The Hall–Kier alpha value is -3.54. The highest BCUT2D eigenvalue weighted by Gasteiger charge is 2.10. The first-order valence-electron chi connectivity index (χ1n) is 8.84. The third-order valence-corrected chi connectivity index (χ3v) is 4.32. The Labute approximate surface area is 164 Å². The van der Waals surface area contributed by atoms with E-state index in [2.05, 4.69) is 15.6 Å². The van der Waals surface area contributed by atoms with Crippen LogP contribution in [0.4, 0.5) is 17.2 Å². The fourth-order valence-corrected chi connectivity index (χ4v) is 2.77. The van der Waals surface area contributed by atoms with Gasteiger partial charge in [-0.05, 0) is 55.3 Å². The molecule has 0 fully saturated rings. The summed E-state index contributed by atoms with van der Waals surface area (Å²) in [7, 11) is 3.17. The minimum Gasteiger partial charge on any atom is -0.493 e. The van der Waals surface area contributed by atoms with Crippen molar-refractivity contribution < 1.29 is 14.3 Å². The minimum atomic E-state index is -0.188. The van der Waals surface area contributed by atoms with E-state index in [1.54, 1.807) is 38.6 Å². The van der Waals surface area contributed by atoms with Crippen molar-refractivity contribution in [2.45, 2.75) is 13.8 Å². The van der Waals surface area contributed by atoms with Crippen LogP contribution in [0.15, 0.2) is 54.7 Å². The number of amides is 1. The lowest BCUT2D eigenvalue weighted by Crippen LogP contribution is -2.13. The molecule has 144 valence electrons. The minimum absolute atomic E-state index is 0.188. The summed E-state index contributed by atoms with van der Waals surface area (Å²) in [5.41, 5.74) is 4.19. The molecule has 0 aliphatic heterocycles. The summed E-state index contributed by atoms with van der Waals surface area (Å²) in [6, 6.07) is 14.8. The van der Waals surface area contributed by atoms with E-state index >= 15 is 0 Å². The summed E-state index contributed by atoms with van der Waals surface area (Å²) in [5.74, 6) is 1.62. The molecule has 1 amide bonds. The molecular formula is C22H23N3O3. The fourth-order valence-electron chi connectivity index (χ4n) is 2.77. The zero-order valence-corrected chi connectivity index (χ0v) is 16.4. The molecule has 6 heteroatoms. The number of ether oxygens (including phenoxy) is 2. The van der Waals surface area contributed by atoms with E-state index < -0.39 is 0 Å². The summed E-state index contributed by atoms with van der Waals surface area (Å²) in [5, 5.41) is 6.14. The van der Waals surface area contributed by atoms with Crippen molar-refractivity contribution in [3.8, 4) is 11.5 Å². The van der Waals surface area contributed by atoms with Crippen molar-refractivity contribution in [3.63, 3.8) is 0 Å². The molecule has 0 atom stereocenters. The monoisotopic (exact) mass is 377 g/mol. The maximum absolute atomic E-state index is 12.7. The van der Waals surface area contributed by atoms with Gasteiger partial charge in [0.2, 0.25) is 0 Å². The topological polar surface area (TPSA) is 72.5 Å². The standard InChI is InChI=1S/C22H23N3O3/c1-14-5-6-15(2)18(11-14)25-22(26)16-9-10-23-21(12-16)24-17-7-8-19(27-3)20(13-17)28-4/h5-13H,1-4H3,(H,23,24)(H,25,26). The van der Waals surface area contributed by atoms with Crippen molar-refractivity contribution in [2.24, 2.45) is 0 Å². The number of aromatic nitrogens is 1. The van der Waals surface area contributed by atoms with Crippen LogP contribution in [0.3, 0.4) is 0 Å². The average Bonchev–Trinajstić information content (AvgIpc) is 2.70. The quantitative estimate of drug-likeness (QED) is 0.651. The second-order valence-corrected chi connectivity index (χ2v) is 6.40. The number of hydrogen-bond acceptors (Lipinski definition) is 5. The zero-order valence-electron chi connectivity index (χ0n) is 16.4. The van der Waals surface area contributed by atoms with Crippen molar-refractivity contribution in [2.75, 3.05) is 24.9 Å². The number of carbonyl (C=O) groups is 1. The van der Waals surface area contributed by atoms with Gasteiger partial charge in [0.1, 0.15) is 5.82 Å². The number of aryl methyl sites for hydroxylation is 2. The van der Waals surface area contributed by atoms with E-state index in [-0.39, 0.29) is 5.91 Å². The Morgan fingerprint density at radius 3 is 2.46 bits per heavy atom. The van der Waals surface area contributed by atoms with Crippen LogP contribution in [0.25, 0.3) is 0 Å². The Morgan fingerprint density at radius 1 is 0.929 bits per heavy atom. The number of methoxy groups -OCH3 is 2. The lowest BCUT2D eigenvalue weighted by Gasteiger charge is -2.12. The first-order chi connectivity index (χ1) is 13.5. The predicted octanol–water partition coefficient (Wildman–Crippen LogP) is 4.71. The van der Waals surface area contributed by atoms with Crippen LogP contribution in [0.5, 0.6) is 11.5 Å². The van der Waals surface area contributed by atoms with Crippen LogP contribution >= 0.6 is 0 Å². The number of hydrogen-bond donors (Lipinski definition) is 2. The highest BCUT2D eigenvalue weighted by molar-refractivity contribution is 6.05. The molecule has 0 aliphatic rings. The van der Waals surface area contributed by atoms with Gasteiger partial charge in [-0.3, -0.25) is 4.79 Å². The lowest BCUT2D eigenvalue weighted by molar-refractivity contribution is 0.102. The molecule has 0 radical (unpaired) electrons. The number of carbonyl (C=O) groups excluding carboxylic acids is 1. The van der Waals surface area contributed by atoms with Gasteiger partial charge in [0.25, 0.3) is 5.91 Å². The van der Waals surface area contributed by atoms with E-state index in [1.165, 1.54) is 0 Å². The van der Waals surface area contributed by atoms with Crippen molar-refractivity contribution >= 4 is 23.1 Å².